The second-order valence-corrected chi connectivity index (χ2v) is 8.74. The molecule has 0 aromatic rings. The van der Waals surface area contributed by atoms with E-state index in [-0.39, 0.29) is 0 Å². The third-order valence-corrected chi connectivity index (χ3v) is 5.19. The number of thioether (sulfide) groups is 1. The van der Waals surface area contributed by atoms with E-state index in [2.05, 4.69) is 0 Å². The average Bonchev–Trinajstić information content (AvgIpc) is 1.69. The van der Waals surface area contributed by atoms with Crippen LogP contribution in [0.3, 0.4) is 0 Å². The number of carbonyl (C=O) groups excluding carboxylic acids is 1. The van der Waals surface area contributed by atoms with Gasteiger partial charge in [0.25, 0.3) is 0 Å². The summed E-state index contributed by atoms with van der Waals surface area (Å²) in [7, 11) is -8.89. The van der Waals surface area contributed by atoms with E-state index in [1.807, 2.05) is 0 Å². The van der Waals surface area contributed by atoms with E-state index in [0.717, 1.165) is 0 Å². The molecule has 0 saturated carbocycles. The Hall–Kier alpha value is 0.320. The van der Waals surface area contributed by atoms with Gasteiger partial charge in [-0.3, -0.25) is 13.9 Å². The molecule has 4 N–H and O–H groups in total. The standard InChI is InChI=1S/C6H14O7P2S/c1-5(7)16-6(2,3-14(8,9)10)4-15(11,12)13/h3-4H2,1-2H3,(H2,8,9,10)(H2,11,12,13). The molecule has 96 valence electrons. The van der Waals surface area contributed by atoms with Gasteiger partial charge >= 0.3 is 15.2 Å². The van der Waals surface area contributed by atoms with E-state index in [4.69, 9.17) is 19.6 Å². The molecular weight excluding hydrogens is 278 g/mol. The summed E-state index contributed by atoms with van der Waals surface area (Å²) in [4.78, 5) is 46.1. The van der Waals surface area contributed by atoms with Gasteiger partial charge in [-0.05, 0) is 6.92 Å². The minimum Gasteiger partial charge on any atom is -0.324 e. The highest BCUT2D eigenvalue weighted by Crippen LogP contribution is 2.50. The first-order valence-electron chi connectivity index (χ1n) is 4.12. The average molecular weight is 292 g/mol. The van der Waals surface area contributed by atoms with Gasteiger partial charge in [0.15, 0.2) is 5.12 Å². The van der Waals surface area contributed by atoms with Gasteiger partial charge in [-0.2, -0.15) is 0 Å². The molecule has 0 aromatic heterocycles. The molecule has 10 heteroatoms. The lowest BCUT2D eigenvalue weighted by atomic mass is 10.2. The Bertz CT molecular complexity index is 332. The van der Waals surface area contributed by atoms with E-state index in [0.29, 0.717) is 11.8 Å². The maximum absolute atomic E-state index is 10.9. The zero-order valence-electron chi connectivity index (χ0n) is 8.73. The summed E-state index contributed by atoms with van der Waals surface area (Å²) in [6.07, 6.45) is -1.51. The highest BCUT2D eigenvalue weighted by atomic mass is 32.2. The van der Waals surface area contributed by atoms with Gasteiger partial charge in [0, 0.05) is 11.7 Å². The van der Waals surface area contributed by atoms with Crippen LogP contribution in [-0.4, -0.2) is 41.8 Å². The summed E-state index contributed by atoms with van der Waals surface area (Å²) >= 11 is 0.532. The van der Waals surface area contributed by atoms with Crippen molar-refractivity contribution in [3.63, 3.8) is 0 Å². The van der Waals surface area contributed by atoms with Crippen LogP contribution in [0, 0.1) is 0 Å². The molecule has 0 aliphatic carbocycles. The van der Waals surface area contributed by atoms with Crippen molar-refractivity contribution in [3.8, 4) is 0 Å². The Labute approximate surface area is 97.0 Å². The zero-order chi connectivity index (χ0) is 13.2. The van der Waals surface area contributed by atoms with Crippen LogP contribution in [0.1, 0.15) is 13.8 Å². The molecular formula is C6H14O7P2S. The molecule has 0 aromatic carbocycles. The first-order valence-corrected chi connectivity index (χ1v) is 8.53. The fourth-order valence-electron chi connectivity index (χ4n) is 1.33. The first kappa shape index (κ1) is 16.3. The predicted octanol–water partition coefficient (Wildman–Crippen LogP) is 0.380. The molecule has 0 saturated heterocycles. The Kier molecular flexibility index (Phi) is 5.42. The maximum atomic E-state index is 10.9. The van der Waals surface area contributed by atoms with Gasteiger partial charge in [-0.25, -0.2) is 0 Å². The third-order valence-electron chi connectivity index (χ3n) is 1.47. The topological polar surface area (TPSA) is 132 Å². The van der Waals surface area contributed by atoms with Crippen molar-refractivity contribution in [1.82, 2.24) is 0 Å². The van der Waals surface area contributed by atoms with Gasteiger partial charge in [-0.15, -0.1) is 0 Å². The molecule has 0 spiro atoms. The smallest absolute Gasteiger partial charge is 0.324 e. The SMILES string of the molecule is CC(=O)SC(C)(CP(=O)(O)O)CP(=O)(O)O. The largest absolute Gasteiger partial charge is 0.326 e. The fraction of sp³-hybridized carbons (Fsp3) is 0.833. The predicted molar refractivity (Wildman–Crippen MR) is 60.5 cm³/mol. The van der Waals surface area contributed by atoms with Crippen molar-refractivity contribution in [1.29, 1.82) is 0 Å². The molecule has 7 nitrogen and oxygen atoms in total. The van der Waals surface area contributed by atoms with Crippen molar-refractivity contribution in [3.05, 3.63) is 0 Å². The van der Waals surface area contributed by atoms with E-state index < -0.39 is 37.4 Å². The van der Waals surface area contributed by atoms with Crippen molar-refractivity contribution in [2.45, 2.75) is 18.6 Å². The minimum atomic E-state index is -4.45. The van der Waals surface area contributed by atoms with E-state index in [9.17, 15) is 13.9 Å². The van der Waals surface area contributed by atoms with Crippen LogP contribution in [0.15, 0.2) is 0 Å². The molecule has 16 heavy (non-hydrogen) atoms. The summed E-state index contributed by atoms with van der Waals surface area (Å²) in [6, 6.07) is 0. The van der Waals surface area contributed by atoms with Crippen LogP contribution >= 0.6 is 27.0 Å². The van der Waals surface area contributed by atoms with Gasteiger partial charge < -0.3 is 19.6 Å². The lowest BCUT2D eigenvalue weighted by Gasteiger charge is -2.27. The van der Waals surface area contributed by atoms with Crippen LogP contribution in [0.2, 0.25) is 0 Å². The number of rotatable bonds is 5. The minimum absolute atomic E-state index is 0.454. The summed E-state index contributed by atoms with van der Waals surface area (Å²) in [6.45, 7) is 2.42. The Balaban J connectivity index is 4.96. The van der Waals surface area contributed by atoms with E-state index >= 15 is 0 Å². The van der Waals surface area contributed by atoms with Crippen LogP contribution in [0.25, 0.3) is 0 Å². The molecule has 0 radical (unpaired) electrons. The van der Waals surface area contributed by atoms with Crippen molar-refractivity contribution >= 4 is 32.1 Å². The summed E-state index contributed by atoms with van der Waals surface area (Å²) in [5, 5.41) is -0.454. The zero-order valence-corrected chi connectivity index (χ0v) is 11.3. The van der Waals surface area contributed by atoms with Crippen LogP contribution < -0.4 is 0 Å². The lowest BCUT2D eigenvalue weighted by Crippen LogP contribution is -2.31. The molecule has 0 bridgehead atoms. The Morgan fingerprint density at radius 3 is 1.62 bits per heavy atom. The van der Waals surface area contributed by atoms with Crippen LogP contribution in [0.5, 0.6) is 0 Å². The third kappa shape index (κ3) is 8.47. The monoisotopic (exact) mass is 292 g/mol. The van der Waals surface area contributed by atoms with Gasteiger partial charge in [0.1, 0.15) is 0 Å². The number of carbonyl (C=O) groups is 1. The maximum Gasteiger partial charge on any atom is 0.326 e. The Morgan fingerprint density at radius 2 is 1.44 bits per heavy atom. The molecule has 0 aliphatic rings. The van der Waals surface area contributed by atoms with Gasteiger partial charge in [0.05, 0.1) is 12.3 Å². The Morgan fingerprint density at radius 1 is 1.12 bits per heavy atom. The number of hydrogen-bond acceptors (Lipinski definition) is 4. The highest BCUT2D eigenvalue weighted by molar-refractivity contribution is 8.15. The van der Waals surface area contributed by atoms with Gasteiger partial charge in [-0.1, -0.05) is 11.8 Å². The summed E-state index contributed by atoms with van der Waals surface area (Å²) < 4.78 is 20.2. The number of hydrogen-bond donors (Lipinski definition) is 4. The fourth-order valence-corrected chi connectivity index (χ4v) is 5.70. The lowest BCUT2D eigenvalue weighted by molar-refractivity contribution is -0.109. The van der Waals surface area contributed by atoms with E-state index in [1.165, 1.54) is 13.8 Å². The molecule has 0 unspecified atom stereocenters. The molecule has 0 fully saturated rings. The quantitative estimate of drug-likeness (QED) is 0.535. The molecule has 0 atom stereocenters. The van der Waals surface area contributed by atoms with E-state index in [1.54, 1.807) is 0 Å². The highest BCUT2D eigenvalue weighted by Gasteiger charge is 2.39. The van der Waals surface area contributed by atoms with Crippen LogP contribution in [0.4, 0.5) is 0 Å². The molecule has 0 rings (SSSR count). The van der Waals surface area contributed by atoms with Crippen molar-refractivity contribution in [2.75, 3.05) is 12.3 Å². The van der Waals surface area contributed by atoms with Crippen LogP contribution in [-0.2, 0) is 13.9 Å². The second kappa shape index (κ2) is 5.31. The van der Waals surface area contributed by atoms with Gasteiger partial charge in [0.2, 0.25) is 0 Å². The second-order valence-electron chi connectivity index (χ2n) is 3.69. The first-order chi connectivity index (χ1) is 6.83. The van der Waals surface area contributed by atoms with Crippen molar-refractivity contribution in [2.24, 2.45) is 0 Å². The molecule has 0 amide bonds. The molecule has 0 heterocycles. The summed E-state index contributed by atoms with van der Waals surface area (Å²) in [5.74, 6) is 0. The normalized spacial score (nSPS) is 13.9. The summed E-state index contributed by atoms with van der Waals surface area (Å²) in [5.41, 5.74) is 0. The molecule has 0 aliphatic heterocycles. The van der Waals surface area contributed by atoms with Crippen molar-refractivity contribution < 1.29 is 33.5 Å².